The summed E-state index contributed by atoms with van der Waals surface area (Å²) in [5, 5.41) is 3.56. The third-order valence-corrected chi connectivity index (χ3v) is 3.42. The van der Waals surface area contributed by atoms with Crippen LogP contribution in [0.15, 0.2) is 12.4 Å². The van der Waals surface area contributed by atoms with Gasteiger partial charge in [0.15, 0.2) is 0 Å². The Labute approximate surface area is 109 Å². The molecule has 2 heterocycles. The summed E-state index contributed by atoms with van der Waals surface area (Å²) in [6, 6.07) is 0.521. The lowest BCUT2D eigenvalue weighted by molar-refractivity contribution is 0.190. The maximum atomic E-state index is 5.08. The molecular weight excluding hydrogens is 228 g/mol. The van der Waals surface area contributed by atoms with Crippen molar-refractivity contribution in [2.24, 2.45) is 0 Å². The minimum Gasteiger partial charge on any atom is -0.385 e. The van der Waals surface area contributed by atoms with E-state index in [2.05, 4.69) is 26.8 Å². The molecule has 1 saturated heterocycles. The predicted molar refractivity (Wildman–Crippen MR) is 72.9 cm³/mol. The highest BCUT2D eigenvalue weighted by atomic mass is 16.5. The van der Waals surface area contributed by atoms with E-state index in [0.717, 1.165) is 32.1 Å². The Kier molecular flexibility index (Phi) is 5.01. The molecule has 5 nitrogen and oxygen atoms in total. The molecule has 1 atom stereocenters. The summed E-state index contributed by atoms with van der Waals surface area (Å²) in [7, 11) is 3.92. The summed E-state index contributed by atoms with van der Waals surface area (Å²) in [6.07, 6.45) is 7.41. The van der Waals surface area contributed by atoms with Gasteiger partial charge >= 0.3 is 0 Å². The molecule has 1 unspecified atom stereocenters. The largest absolute Gasteiger partial charge is 0.385 e. The first-order valence-corrected chi connectivity index (χ1v) is 6.74. The van der Waals surface area contributed by atoms with E-state index in [-0.39, 0.29) is 0 Å². The number of anilines is 1. The summed E-state index contributed by atoms with van der Waals surface area (Å²) in [5.41, 5.74) is 0. The average molecular weight is 252 g/mol. The van der Waals surface area contributed by atoms with Gasteiger partial charge in [-0.15, -0.1) is 0 Å². The molecule has 102 valence electrons. The standard InChI is InChI=1S/C13H24N4O/c1-16-7-3-5-12(11-16)15-13-14-6-9-17(13)8-4-10-18-2/h6,9,12H,3-5,7-8,10-11H2,1-2H3,(H,14,15). The van der Waals surface area contributed by atoms with Gasteiger partial charge in [0.25, 0.3) is 0 Å². The van der Waals surface area contributed by atoms with E-state index < -0.39 is 0 Å². The zero-order valence-electron chi connectivity index (χ0n) is 11.4. The number of imidazole rings is 1. The smallest absolute Gasteiger partial charge is 0.203 e. The van der Waals surface area contributed by atoms with E-state index in [0.29, 0.717) is 6.04 Å². The van der Waals surface area contributed by atoms with Gasteiger partial charge in [-0.05, 0) is 32.9 Å². The number of hydrogen-bond donors (Lipinski definition) is 1. The molecule has 0 bridgehead atoms. The minimum atomic E-state index is 0.521. The van der Waals surface area contributed by atoms with Crippen LogP contribution in [-0.2, 0) is 11.3 Å². The first-order valence-electron chi connectivity index (χ1n) is 6.74. The van der Waals surface area contributed by atoms with Gasteiger partial charge in [-0.1, -0.05) is 0 Å². The molecule has 0 aliphatic carbocycles. The molecule has 18 heavy (non-hydrogen) atoms. The molecule has 0 aromatic carbocycles. The van der Waals surface area contributed by atoms with Crippen molar-refractivity contribution in [1.29, 1.82) is 0 Å². The number of piperidine rings is 1. The fraction of sp³-hybridized carbons (Fsp3) is 0.769. The monoisotopic (exact) mass is 252 g/mol. The molecule has 0 radical (unpaired) electrons. The van der Waals surface area contributed by atoms with E-state index in [1.54, 1.807) is 7.11 Å². The number of hydrogen-bond acceptors (Lipinski definition) is 4. The van der Waals surface area contributed by atoms with Crippen molar-refractivity contribution >= 4 is 5.95 Å². The molecule has 1 N–H and O–H groups in total. The molecule has 1 aromatic rings. The Hall–Kier alpha value is -1.07. The van der Waals surface area contributed by atoms with E-state index in [1.165, 1.54) is 19.4 Å². The van der Waals surface area contributed by atoms with Crippen LogP contribution in [0.3, 0.4) is 0 Å². The van der Waals surface area contributed by atoms with Crippen molar-refractivity contribution in [3.05, 3.63) is 12.4 Å². The normalized spacial score (nSPS) is 21.1. The van der Waals surface area contributed by atoms with Crippen LogP contribution < -0.4 is 5.32 Å². The second-order valence-corrected chi connectivity index (χ2v) is 5.04. The van der Waals surface area contributed by atoms with Crippen LogP contribution in [0.2, 0.25) is 0 Å². The molecule has 1 fully saturated rings. The Morgan fingerprint density at radius 2 is 2.44 bits per heavy atom. The van der Waals surface area contributed by atoms with Gasteiger partial charge in [0, 0.05) is 45.2 Å². The topological polar surface area (TPSA) is 42.3 Å². The number of likely N-dealkylation sites (tertiary alicyclic amines) is 1. The van der Waals surface area contributed by atoms with Crippen molar-refractivity contribution in [1.82, 2.24) is 14.5 Å². The lowest BCUT2D eigenvalue weighted by Crippen LogP contribution is -2.40. The predicted octanol–water partition coefficient (Wildman–Crippen LogP) is 1.43. The number of ether oxygens (including phenoxy) is 1. The number of likely N-dealkylation sites (N-methyl/N-ethyl adjacent to an activating group) is 1. The summed E-state index contributed by atoms with van der Waals surface area (Å²) in [4.78, 5) is 6.78. The second kappa shape index (κ2) is 6.75. The van der Waals surface area contributed by atoms with Gasteiger partial charge in [-0.3, -0.25) is 0 Å². The number of nitrogens with one attached hydrogen (secondary N) is 1. The van der Waals surface area contributed by atoms with Crippen molar-refractivity contribution in [2.75, 3.05) is 39.2 Å². The van der Waals surface area contributed by atoms with Crippen LogP contribution in [0.25, 0.3) is 0 Å². The highest BCUT2D eigenvalue weighted by Gasteiger charge is 2.18. The van der Waals surface area contributed by atoms with Crippen LogP contribution in [0.1, 0.15) is 19.3 Å². The van der Waals surface area contributed by atoms with Crippen LogP contribution >= 0.6 is 0 Å². The lowest BCUT2D eigenvalue weighted by atomic mass is 10.1. The van der Waals surface area contributed by atoms with E-state index in [1.807, 2.05) is 12.4 Å². The molecule has 5 heteroatoms. The van der Waals surface area contributed by atoms with Gasteiger partial charge in [0.1, 0.15) is 0 Å². The molecule has 1 aromatic heterocycles. The maximum Gasteiger partial charge on any atom is 0.203 e. The summed E-state index contributed by atoms with van der Waals surface area (Å²) < 4.78 is 7.26. The van der Waals surface area contributed by atoms with E-state index in [4.69, 9.17) is 4.74 Å². The van der Waals surface area contributed by atoms with Gasteiger partial charge in [-0.2, -0.15) is 0 Å². The molecule has 1 aliphatic rings. The fourth-order valence-electron chi connectivity index (χ4n) is 2.48. The fourth-order valence-corrected chi connectivity index (χ4v) is 2.48. The third kappa shape index (κ3) is 3.71. The second-order valence-electron chi connectivity index (χ2n) is 5.04. The summed E-state index contributed by atoms with van der Waals surface area (Å²) >= 11 is 0. The molecule has 2 rings (SSSR count). The molecule has 0 spiro atoms. The van der Waals surface area contributed by atoms with Crippen LogP contribution in [-0.4, -0.2) is 54.3 Å². The third-order valence-electron chi connectivity index (χ3n) is 3.42. The summed E-state index contributed by atoms with van der Waals surface area (Å²) in [6.45, 7) is 4.06. The van der Waals surface area contributed by atoms with Gasteiger partial charge in [0.2, 0.25) is 5.95 Å². The van der Waals surface area contributed by atoms with Crippen molar-refractivity contribution in [2.45, 2.75) is 31.8 Å². The molecule has 0 saturated carbocycles. The van der Waals surface area contributed by atoms with E-state index >= 15 is 0 Å². The Bertz CT molecular complexity index is 353. The van der Waals surface area contributed by atoms with Gasteiger partial charge < -0.3 is 19.5 Å². The molecule has 0 amide bonds. The zero-order chi connectivity index (χ0) is 12.8. The van der Waals surface area contributed by atoms with E-state index in [9.17, 15) is 0 Å². The number of aromatic nitrogens is 2. The lowest BCUT2D eigenvalue weighted by Gasteiger charge is -2.30. The van der Waals surface area contributed by atoms with Crippen LogP contribution in [0.4, 0.5) is 5.95 Å². The van der Waals surface area contributed by atoms with Crippen molar-refractivity contribution < 1.29 is 4.74 Å². The highest BCUT2D eigenvalue weighted by Crippen LogP contribution is 2.14. The van der Waals surface area contributed by atoms with Crippen LogP contribution in [0, 0.1) is 0 Å². The Balaban J connectivity index is 1.86. The molecular formula is C13H24N4O. The maximum absolute atomic E-state index is 5.08. The minimum absolute atomic E-state index is 0.521. The average Bonchev–Trinajstić information content (AvgIpc) is 2.77. The quantitative estimate of drug-likeness (QED) is 0.778. The van der Waals surface area contributed by atoms with Crippen LogP contribution in [0.5, 0.6) is 0 Å². The Morgan fingerprint density at radius 1 is 1.56 bits per heavy atom. The SMILES string of the molecule is COCCCn1ccnc1NC1CCCN(C)C1. The van der Waals surface area contributed by atoms with Crippen molar-refractivity contribution in [3.63, 3.8) is 0 Å². The molecule has 1 aliphatic heterocycles. The number of methoxy groups -OCH3 is 1. The first kappa shape index (κ1) is 13.4. The number of rotatable bonds is 6. The Morgan fingerprint density at radius 3 is 3.22 bits per heavy atom. The van der Waals surface area contributed by atoms with Crippen molar-refractivity contribution in [3.8, 4) is 0 Å². The first-order chi connectivity index (χ1) is 8.79. The van der Waals surface area contributed by atoms with Gasteiger partial charge in [-0.25, -0.2) is 4.98 Å². The summed E-state index contributed by atoms with van der Waals surface area (Å²) in [5.74, 6) is 0.992. The number of aryl methyl sites for hydroxylation is 1. The highest BCUT2D eigenvalue weighted by molar-refractivity contribution is 5.28. The van der Waals surface area contributed by atoms with Gasteiger partial charge in [0.05, 0.1) is 0 Å². The zero-order valence-corrected chi connectivity index (χ0v) is 11.4. The number of nitrogens with zero attached hydrogens (tertiary/aromatic N) is 3.